The second-order valence-corrected chi connectivity index (χ2v) is 9.38. The van der Waals surface area contributed by atoms with Crippen LogP contribution >= 0.6 is 0 Å². The third kappa shape index (κ3) is 3.89. The van der Waals surface area contributed by atoms with E-state index in [4.69, 9.17) is 0 Å². The van der Waals surface area contributed by atoms with Crippen molar-refractivity contribution in [3.8, 4) is 0 Å². The van der Waals surface area contributed by atoms with Gasteiger partial charge in [-0.1, -0.05) is 57.9 Å². The lowest BCUT2D eigenvalue weighted by atomic mass is 10.0. The number of aromatic amines is 1. The smallest absolute Gasteiger partial charge is 0.197 e. The lowest BCUT2D eigenvalue weighted by Crippen LogP contribution is -2.38. The van der Waals surface area contributed by atoms with Crippen LogP contribution in [0.25, 0.3) is 43.6 Å². The highest BCUT2D eigenvalue weighted by atomic mass is 16.1. The number of pyridine rings is 2. The summed E-state index contributed by atoms with van der Waals surface area (Å²) < 4.78 is 2.20. The highest BCUT2D eigenvalue weighted by Crippen LogP contribution is 2.26. The van der Waals surface area contributed by atoms with Gasteiger partial charge in [0.05, 0.1) is 27.5 Å². The Kier molecular flexibility index (Phi) is 6.33. The van der Waals surface area contributed by atoms with Gasteiger partial charge in [-0.05, 0) is 55.2 Å². The van der Waals surface area contributed by atoms with Gasteiger partial charge in [0.1, 0.15) is 0 Å². The molecule has 0 atom stereocenters. The fraction of sp³-hybridized carbons (Fsp3) is 0.333. The third-order valence-electron chi connectivity index (χ3n) is 7.09. The van der Waals surface area contributed by atoms with Crippen molar-refractivity contribution in [1.29, 1.82) is 0 Å². The number of unbranched alkanes of at least 4 members (excludes halogenated alkanes) is 2. The summed E-state index contributed by atoms with van der Waals surface area (Å²) >= 11 is 0. The number of rotatable bonds is 8. The van der Waals surface area contributed by atoms with E-state index in [1.54, 1.807) is 0 Å². The van der Waals surface area contributed by atoms with Crippen molar-refractivity contribution in [3.63, 3.8) is 0 Å². The van der Waals surface area contributed by atoms with Crippen LogP contribution in [-0.2, 0) is 6.42 Å². The first-order valence-corrected chi connectivity index (χ1v) is 12.9. The van der Waals surface area contributed by atoms with Gasteiger partial charge in [0, 0.05) is 29.2 Å². The predicted molar refractivity (Wildman–Crippen MR) is 148 cm³/mol. The molecule has 0 aliphatic carbocycles. The molecule has 0 fully saturated rings. The normalized spacial score (nSPS) is 11.7. The molecule has 5 nitrogen and oxygen atoms in total. The molecule has 0 saturated heterocycles. The minimum Gasteiger partial charge on any atom is -0.354 e. The lowest BCUT2D eigenvalue weighted by molar-refractivity contribution is 0.564. The van der Waals surface area contributed by atoms with Gasteiger partial charge in [-0.25, -0.2) is 0 Å². The largest absolute Gasteiger partial charge is 0.354 e. The number of aromatic nitrogens is 2. The van der Waals surface area contributed by atoms with Gasteiger partial charge in [0.15, 0.2) is 10.9 Å². The molecule has 180 valence electrons. The first kappa shape index (κ1) is 23.2. The molecule has 0 radical (unpaired) electrons. The first-order valence-electron chi connectivity index (χ1n) is 12.9. The molecule has 0 bridgehead atoms. The van der Waals surface area contributed by atoms with Crippen molar-refractivity contribution >= 4 is 43.6 Å². The quantitative estimate of drug-likeness (QED) is 0.274. The van der Waals surface area contributed by atoms with E-state index >= 15 is 0 Å². The Balaban J connectivity index is 1.92. The minimum atomic E-state index is 0.00408. The first-order chi connectivity index (χ1) is 17.1. The summed E-state index contributed by atoms with van der Waals surface area (Å²) in [5.41, 5.74) is 4.37. The SMILES string of the molecule is CCCCN(CCCC)n1c2ccccc2c(=O)c2cc3[nH]c4c(CC)cccc4c(=O)c3cc21. The van der Waals surface area contributed by atoms with Crippen molar-refractivity contribution in [2.75, 3.05) is 18.1 Å². The molecule has 0 amide bonds. The summed E-state index contributed by atoms with van der Waals surface area (Å²) in [6.07, 6.45) is 5.13. The van der Waals surface area contributed by atoms with Crippen molar-refractivity contribution in [2.24, 2.45) is 0 Å². The van der Waals surface area contributed by atoms with Gasteiger partial charge >= 0.3 is 0 Å². The van der Waals surface area contributed by atoms with Crippen LogP contribution in [-0.4, -0.2) is 22.7 Å². The van der Waals surface area contributed by atoms with Crippen LogP contribution in [0.2, 0.25) is 0 Å². The fourth-order valence-electron chi connectivity index (χ4n) is 5.17. The zero-order chi connectivity index (χ0) is 24.5. The zero-order valence-corrected chi connectivity index (χ0v) is 20.9. The molecular weight excluding hydrogens is 434 g/mol. The molecule has 0 saturated carbocycles. The van der Waals surface area contributed by atoms with Gasteiger partial charge in [-0.3, -0.25) is 14.3 Å². The molecular formula is C30H33N3O2. The Morgan fingerprint density at radius 3 is 2.14 bits per heavy atom. The molecule has 5 aromatic rings. The number of para-hydroxylation sites is 2. The van der Waals surface area contributed by atoms with E-state index in [1.807, 2.05) is 54.6 Å². The predicted octanol–water partition coefficient (Wildman–Crippen LogP) is 6.25. The molecule has 0 unspecified atom stereocenters. The van der Waals surface area contributed by atoms with E-state index < -0.39 is 0 Å². The molecule has 2 aromatic heterocycles. The second-order valence-electron chi connectivity index (χ2n) is 9.38. The average Bonchev–Trinajstić information content (AvgIpc) is 2.89. The minimum absolute atomic E-state index is 0.00408. The Bertz CT molecular complexity index is 1650. The van der Waals surface area contributed by atoms with Gasteiger partial charge in [-0.2, -0.15) is 0 Å². The van der Waals surface area contributed by atoms with Crippen LogP contribution in [0.3, 0.4) is 0 Å². The Hall–Kier alpha value is -3.60. The van der Waals surface area contributed by atoms with E-state index in [0.29, 0.717) is 27.1 Å². The van der Waals surface area contributed by atoms with E-state index in [2.05, 4.69) is 35.4 Å². The zero-order valence-electron chi connectivity index (χ0n) is 20.9. The number of fused-ring (bicyclic) bond motifs is 4. The van der Waals surface area contributed by atoms with Crippen molar-refractivity contribution in [1.82, 2.24) is 9.66 Å². The number of aryl methyl sites for hydroxylation is 1. The van der Waals surface area contributed by atoms with Crippen LogP contribution in [0, 0.1) is 0 Å². The number of nitrogens with zero attached hydrogens (tertiary/aromatic N) is 2. The van der Waals surface area contributed by atoms with Crippen molar-refractivity contribution in [3.05, 3.63) is 80.6 Å². The van der Waals surface area contributed by atoms with Crippen molar-refractivity contribution < 1.29 is 0 Å². The highest BCUT2D eigenvalue weighted by Gasteiger charge is 2.18. The molecule has 2 heterocycles. The van der Waals surface area contributed by atoms with E-state index in [-0.39, 0.29) is 10.9 Å². The van der Waals surface area contributed by atoms with Gasteiger partial charge in [0.2, 0.25) is 0 Å². The van der Waals surface area contributed by atoms with Gasteiger partial charge in [0.25, 0.3) is 0 Å². The molecule has 5 rings (SSSR count). The highest BCUT2D eigenvalue weighted by molar-refractivity contribution is 6.03. The topological polar surface area (TPSA) is 58.1 Å². The van der Waals surface area contributed by atoms with E-state index in [9.17, 15) is 9.59 Å². The average molecular weight is 468 g/mol. The summed E-state index contributed by atoms with van der Waals surface area (Å²) in [4.78, 5) is 30.8. The standard InChI is InChI=1S/C30H33N3O2/c1-4-7-16-32(17-8-5-2)33-26-15-10-9-13-21(26)29(34)24-18-25-23(19-27(24)33)30(35)22-14-11-12-20(6-3)28(22)31-25/h9-15,18-19H,4-8,16-17H2,1-3H3,(H,31,35). The third-order valence-corrected chi connectivity index (χ3v) is 7.09. The summed E-state index contributed by atoms with van der Waals surface area (Å²) in [5, 5.41) is 5.01. The summed E-state index contributed by atoms with van der Waals surface area (Å²) in [5.74, 6) is 0. The van der Waals surface area contributed by atoms with Crippen LogP contribution in [0.15, 0.2) is 64.2 Å². The van der Waals surface area contributed by atoms with Crippen LogP contribution in [0.1, 0.15) is 52.0 Å². The second kappa shape index (κ2) is 9.57. The lowest BCUT2D eigenvalue weighted by Gasteiger charge is -2.30. The number of hydrogen-bond donors (Lipinski definition) is 1. The molecule has 3 aromatic carbocycles. The van der Waals surface area contributed by atoms with Crippen molar-refractivity contribution in [2.45, 2.75) is 52.9 Å². The Morgan fingerprint density at radius 2 is 1.43 bits per heavy atom. The van der Waals surface area contributed by atoms with E-state index in [1.165, 1.54) is 0 Å². The maximum Gasteiger partial charge on any atom is 0.197 e. The maximum absolute atomic E-state index is 13.7. The molecule has 0 aliphatic heterocycles. The van der Waals surface area contributed by atoms with Gasteiger partial charge in [-0.15, -0.1) is 0 Å². The number of hydrogen-bond acceptors (Lipinski definition) is 3. The summed E-state index contributed by atoms with van der Waals surface area (Å²) in [6, 6.07) is 17.5. The molecule has 0 aliphatic rings. The Morgan fingerprint density at radius 1 is 0.743 bits per heavy atom. The van der Waals surface area contributed by atoms with Gasteiger partial charge < -0.3 is 9.99 Å². The van der Waals surface area contributed by atoms with E-state index in [0.717, 1.165) is 67.3 Å². The number of nitrogens with one attached hydrogen (secondary N) is 1. The molecule has 0 spiro atoms. The summed E-state index contributed by atoms with van der Waals surface area (Å²) in [7, 11) is 0. The number of H-pyrrole nitrogens is 1. The van der Waals surface area contributed by atoms with Crippen LogP contribution in [0.4, 0.5) is 0 Å². The number of benzene rings is 3. The monoisotopic (exact) mass is 467 g/mol. The maximum atomic E-state index is 13.7. The Labute approximate surface area is 205 Å². The van der Waals surface area contributed by atoms with Crippen LogP contribution in [0.5, 0.6) is 0 Å². The molecule has 1 N–H and O–H groups in total. The molecule has 35 heavy (non-hydrogen) atoms. The van der Waals surface area contributed by atoms with Crippen LogP contribution < -0.4 is 15.9 Å². The molecule has 5 heteroatoms. The summed E-state index contributed by atoms with van der Waals surface area (Å²) in [6.45, 7) is 8.27. The fourth-order valence-corrected chi connectivity index (χ4v) is 5.17.